The van der Waals surface area contributed by atoms with Gasteiger partial charge < -0.3 is 0 Å². The summed E-state index contributed by atoms with van der Waals surface area (Å²) in [5, 5.41) is 11.7. The van der Waals surface area contributed by atoms with E-state index in [0.29, 0.717) is 5.56 Å². The van der Waals surface area contributed by atoms with Gasteiger partial charge in [-0.2, -0.15) is 0 Å². The van der Waals surface area contributed by atoms with E-state index < -0.39 is 0 Å². The molecule has 130 valence electrons. The van der Waals surface area contributed by atoms with E-state index in [1.165, 1.54) is 0 Å². The van der Waals surface area contributed by atoms with E-state index in [-0.39, 0.29) is 10.6 Å². The predicted octanol–water partition coefficient (Wildman–Crippen LogP) is 6.60. The van der Waals surface area contributed by atoms with Gasteiger partial charge >= 0.3 is 0 Å². The molecule has 0 unspecified atom stereocenters. The lowest BCUT2D eigenvalue weighted by molar-refractivity contribution is -0.384. The van der Waals surface area contributed by atoms with Crippen LogP contribution in [0.15, 0.2) is 103 Å². The average molecular weight is 351 g/mol. The Morgan fingerprint density at radius 3 is 1.67 bits per heavy atom. The van der Waals surface area contributed by atoms with Crippen molar-refractivity contribution in [1.29, 1.82) is 0 Å². The van der Waals surface area contributed by atoms with Gasteiger partial charge in [0, 0.05) is 6.07 Å². The topological polar surface area (TPSA) is 43.1 Å². The Morgan fingerprint density at radius 2 is 1.04 bits per heavy atom. The summed E-state index contributed by atoms with van der Waals surface area (Å²) >= 11 is 0. The third-order valence-electron chi connectivity index (χ3n) is 4.58. The van der Waals surface area contributed by atoms with Crippen LogP contribution in [0.2, 0.25) is 0 Å². The van der Waals surface area contributed by atoms with Gasteiger partial charge in [-0.25, -0.2) is 0 Å². The van der Waals surface area contributed by atoms with Crippen LogP contribution in [0.3, 0.4) is 0 Å². The predicted molar refractivity (Wildman–Crippen MR) is 109 cm³/mol. The molecule has 4 aromatic carbocycles. The number of nitrogens with zero attached hydrogens (tertiary/aromatic N) is 1. The first-order valence-corrected chi connectivity index (χ1v) is 8.72. The molecule has 4 aromatic rings. The lowest BCUT2D eigenvalue weighted by Crippen LogP contribution is -1.93. The van der Waals surface area contributed by atoms with E-state index >= 15 is 0 Å². The van der Waals surface area contributed by atoms with Gasteiger partial charge in [0.25, 0.3) is 5.69 Å². The Hall–Kier alpha value is -3.72. The van der Waals surface area contributed by atoms with Gasteiger partial charge in [-0.1, -0.05) is 84.9 Å². The second-order valence-electron chi connectivity index (χ2n) is 6.30. The highest BCUT2D eigenvalue weighted by Gasteiger charge is 2.16. The van der Waals surface area contributed by atoms with Gasteiger partial charge in [-0.15, -0.1) is 0 Å². The molecule has 0 aliphatic heterocycles. The fourth-order valence-electron chi connectivity index (χ4n) is 3.23. The molecule has 0 spiro atoms. The zero-order valence-electron chi connectivity index (χ0n) is 14.6. The summed E-state index contributed by atoms with van der Waals surface area (Å²) in [5.41, 5.74) is 5.58. The molecule has 4 rings (SSSR count). The summed E-state index contributed by atoms with van der Waals surface area (Å²) in [6.07, 6.45) is 0. The number of benzene rings is 4. The second kappa shape index (κ2) is 7.26. The number of nitro benzene ring substituents is 1. The van der Waals surface area contributed by atoms with Crippen molar-refractivity contribution in [3.63, 3.8) is 0 Å². The zero-order valence-corrected chi connectivity index (χ0v) is 14.6. The Morgan fingerprint density at radius 1 is 0.519 bits per heavy atom. The highest BCUT2D eigenvalue weighted by Crippen LogP contribution is 2.35. The summed E-state index contributed by atoms with van der Waals surface area (Å²) in [6, 6.07) is 33.1. The van der Waals surface area contributed by atoms with Gasteiger partial charge in [0.1, 0.15) is 0 Å². The number of nitro groups is 1. The number of hydrogen-bond donors (Lipinski definition) is 0. The average Bonchev–Trinajstić information content (AvgIpc) is 2.74. The minimum atomic E-state index is -0.313. The Kier molecular flexibility index (Phi) is 4.50. The van der Waals surface area contributed by atoms with Gasteiger partial charge in [0.2, 0.25) is 0 Å². The molecule has 0 aromatic heterocycles. The van der Waals surface area contributed by atoms with Crippen LogP contribution in [-0.2, 0) is 0 Å². The molecule has 0 radical (unpaired) electrons. The van der Waals surface area contributed by atoms with Crippen molar-refractivity contribution < 1.29 is 4.92 Å². The van der Waals surface area contributed by atoms with E-state index in [0.717, 1.165) is 27.8 Å². The smallest absolute Gasteiger partial charge is 0.258 e. The van der Waals surface area contributed by atoms with Crippen LogP contribution in [0, 0.1) is 10.1 Å². The van der Waals surface area contributed by atoms with Crippen LogP contribution in [0.1, 0.15) is 0 Å². The summed E-state index contributed by atoms with van der Waals surface area (Å²) in [5.74, 6) is 0. The van der Waals surface area contributed by atoms with Gasteiger partial charge in [-0.05, 0) is 39.9 Å². The van der Waals surface area contributed by atoms with Crippen molar-refractivity contribution in [1.82, 2.24) is 0 Å². The molecule has 3 nitrogen and oxygen atoms in total. The van der Waals surface area contributed by atoms with Crippen molar-refractivity contribution in [2.24, 2.45) is 0 Å². The zero-order chi connectivity index (χ0) is 18.6. The molecule has 0 fully saturated rings. The molecular weight excluding hydrogens is 334 g/mol. The molecule has 0 saturated heterocycles. The third-order valence-corrected chi connectivity index (χ3v) is 4.58. The molecule has 27 heavy (non-hydrogen) atoms. The Bertz CT molecular complexity index is 1090. The fourth-order valence-corrected chi connectivity index (χ4v) is 3.23. The molecular formula is C24H17NO2. The Balaban J connectivity index is 1.79. The molecule has 0 N–H and O–H groups in total. The van der Waals surface area contributed by atoms with E-state index in [1.54, 1.807) is 6.07 Å². The van der Waals surface area contributed by atoms with Gasteiger partial charge in [-0.3, -0.25) is 10.1 Å². The minimum Gasteiger partial charge on any atom is -0.258 e. The molecule has 0 heterocycles. The van der Waals surface area contributed by atoms with E-state index in [2.05, 4.69) is 18.2 Å². The third kappa shape index (κ3) is 3.48. The van der Waals surface area contributed by atoms with Crippen molar-refractivity contribution in [3.8, 4) is 33.4 Å². The molecule has 0 saturated carbocycles. The van der Waals surface area contributed by atoms with Gasteiger partial charge in [0.15, 0.2) is 0 Å². The van der Waals surface area contributed by atoms with Crippen LogP contribution >= 0.6 is 0 Å². The maximum absolute atomic E-state index is 11.7. The summed E-state index contributed by atoms with van der Waals surface area (Å²) in [6.45, 7) is 0. The van der Waals surface area contributed by atoms with Crippen LogP contribution < -0.4 is 0 Å². The van der Waals surface area contributed by atoms with E-state index in [4.69, 9.17) is 0 Å². The quantitative estimate of drug-likeness (QED) is 0.307. The normalized spacial score (nSPS) is 10.5. The van der Waals surface area contributed by atoms with Crippen molar-refractivity contribution in [3.05, 3.63) is 113 Å². The molecule has 0 aliphatic carbocycles. The first-order chi connectivity index (χ1) is 13.2. The van der Waals surface area contributed by atoms with Crippen LogP contribution in [0.4, 0.5) is 5.69 Å². The Labute approximate surface area is 157 Å². The van der Waals surface area contributed by atoms with Crippen molar-refractivity contribution >= 4 is 5.69 Å². The van der Waals surface area contributed by atoms with Crippen molar-refractivity contribution in [2.75, 3.05) is 0 Å². The largest absolute Gasteiger partial charge is 0.277 e. The molecule has 0 bridgehead atoms. The van der Waals surface area contributed by atoms with Crippen LogP contribution in [0.5, 0.6) is 0 Å². The molecule has 0 amide bonds. The maximum atomic E-state index is 11.7. The van der Waals surface area contributed by atoms with E-state index in [9.17, 15) is 10.1 Å². The number of hydrogen-bond acceptors (Lipinski definition) is 2. The monoisotopic (exact) mass is 351 g/mol. The van der Waals surface area contributed by atoms with Crippen LogP contribution in [0.25, 0.3) is 33.4 Å². The molecule has 0 atom stereocenters. The summed E-state index contributed by atoms with van der Waals surface area (Å²) < 4.78 is 0. The standard InChI is InChI=1S/C24H17NO2/c26-25(27)24-17-22(14-15-23(24)19-10-5-2-6-11-19)21-13-7-12-20(16-21)18-8-3-1-4-9-18/h1-17H. The molecule has 0 aliphatic rings. The highest BCUT2D eigenvalue weighted by molar-refractivity contribution is 5.80. The fraction of sp³-hybridized carbons (Fsp3) is 0. The maximum Gasteiger partial charge on any atom is 0.277 e. The minimum absolute atomic E-state index is 0.115. The van der Waals surface area contributed by atoms with Crippen molar-refractivity contribution in [2.45, 2.75) is 0 Å². The lowest BCUT2D eigenvalue weighted by atomic mass is 9.96. The first kappa shape index (κ1) is 16.7. The molecule has 3 heteroatoms. The second-order valence-corrected chi connectivity index (χ2v) is 6.30. The van der Waals surface area contributed by atoms with Gasteiger partial charge in [0.05, 0.1) is 10.5 Å². The first-order valence-electron chi connectivity index (χ1n) is 8.72. The highest BCUT2D eigenvalue weighted by atomic mass is 16.6. The SMILES string of the molecule is O=[N+]([O-])c1cc(-c2cccc(-c3ccccc3)c2)ccc1-c1ccccc1. The number of rotatable bonds is 4. The van der Waals surface area contributed by atoms with E-state index in [1.807, 2.05) is 78.9 Å². The lowest BCUT2D eigenvalue weighted by Gasteiger charge is -2.09. The summed E-state index contributed by atoms with van der Waals surface area (Å²) in [4.78, 5) is 11.4. The van der Waals surface area contributed by atoms with Crippen LogP contribution in [-0.4, -0.2) is 4.92 Å². The summed E-state index contributed by atoms with van der Waals surface area (Å²) in [7, 11) is 0.